The van der Waals surface area contributed by atoms with Crippen molar-refractivity contribution in [2.45, 2.75) is 13.3 Å². The minimum atomic E-state index is -1.28. The first kappa shape index (κ1) is 11.4. The molecule has 1 aromatic rings. The quantitative estimate of drug-likeness (QED) is 0.721. The molecule has 17 heavy (non-hydrogen) atoms. The van der Waals surface area contributed by atoms with Crippen molar-refractivity contribution in [3.8, 4) is 5.75 Å². The van der Waals surface area contributed by atoms with Crippen molar-refractivity contribution in [3.63, 3.8) is 0 Å². The number of benzene rings is 1. The van der Waals surface area contributed by atoms with Crippen LogP contribution in [0.4, 0.5) is 5.69 Å². The van der Waals surface area contributed by atoms with Gasteiger partial charge in [-0.2, -0.15) is 0 Å². The zero-order valence-corrected chi connectivity index (χ0v) is 9.43. The lowest BCUT2D eigenvalue weighted by atomic mass is 10.1. The third-order valence-electron chi connectivity index (χ3n) is 2.66. The molecule has 0 unspecified atom stereocenters. The number of carboxylic acid groups (broad SMARTS) is 1. The predicted octanol–water partition coefficient (Wildman–Crippen LogP) is -0.276. The number of ether oxygens (including phenoxy) is 1. The lowest BCUT2D eigenvalue weighted by Gasteiger charge is -2.30. The molecule has 0 N–H and O–H groups in total. The van der Waals surface area contributed by atoms with E-state index in [-0.39, 0.29) is 12.5 Å². The first-order valence-electron chi connectivity index (χ1n) is 5.37. The maximum absolute atomic E-state index is 11.6. The Labute approximate surface area is 98.6 Å². The Balaban J connectivity index is 2.41. The molecule has 5 nitrogen and oxygen atoms in total. The Morgan fingerprint density at radius 1 is 1.53 bits per heavy atom. The summed E-state index contributed by atoms with van der Waals surface area (Å²) < 4.78 is 5.24. The number of hydrogen-bond acceptors (Lipinski definition) is 4. The van der Waals surface area contributed by atoms with Gasteiger partial charge in [0.1, 0.15) is 5.75 Å². The van der Waals surface area contributed by atoms with E-state index in [9.17, 15) is 14.7 Å². The summed E-state index contributed by atoms with van der Waals surface area (Å²) in [5.74, 6) is -1.12. The molecular formula is C12H12NO4-. The van der Waals surface area contributed by atoms with Gasteiger partial charge >= 0.3 is 0 Å². The normalized spacial score (nSPS) is 14.2. The molecule has 0 saturated heterocycles. The number of nitrogens with zero attached hydrogens (tertiary/aromatic N) is 1. The average molecular weight is 234 g/mol. The molecule has 5 heteroatoms. The van der Waals surface area contributed by atoms with Gasteiger partial charge in [0.05, 0.1) is 18.2 Å². The molecule has 1 aromatic carbocycles. The highest BCUT2D eigenvalue weighted by atomic mass is 16.5. The zero-order chi connectivity index (χ0) is 12.4. The summed E-state index contributed by atoms with van der Waals surface area (Å²) in [5, 5.41) is 10.6. The van der Waals surface area contributed by atoms with Gasteiger partial charge in [-0.3, -0.25) is 4.79 Å². The average Bonchev–Trinajstić information content (AvgIpc) is 2.32. The van der Waals surface area contributed by atoms with E-state index in [2.05, 4.69) is 0 Å². The maximum Gasteiger partial charge on any atom is 0.265 e. The molecule has 0 aromatic heterocycles. The standard InChI is InChI=1S/C12H13NO4/c1-2-8-3-4-10-9(5-8)13(6-12(15)16)11(14)7-17-10/h3-5H,2,6-7H2,1H3,(H,15,16)/p-1. The van der Waals surface area contributed by atoms with E-state index in [1.807, 2.05) is 13.0 Å². The third-order valence-corrected chi connectivity index (χ3v) is 2.66. The Hall–Kier alpha value is -2.04. The molecule has 0 aliphatic carbocycles. The summed E-state index contributed by atoms with van der Waals surface area (Å²) in [5.41, 5.74) is 1.52. The summed E-state index contributed by atoms with van der Waals surface area (Å²) >= 11 is 0. The van der Waals surface area contributed by atoms with Gasteiger partial charge in [-0.15, -0.1) is 0 Å². The van der Waals surface area contributed by atoms with Crippen LogP contribution in [0.15, 0.2) is 18.2 Å². The number of carbonyl (C=O) groups is 2. The van der Waals surface area contributed by atoms with E-state index in [4.69, 9.17) is 4.74 Å². The van der Waals surface area contributed by atoms with Gasteiger partial charge in [0, 0.05) is 0 Å². The van der Waals surface area contributed by atoms with Crippen LogP contribution in [0.25, 0.3) is 0 Å². The number of carbonyl (C=O) groups excluding carboxylic acids is 2. The summed E-state index contributed by atoms with van der Waals surface area (Å²) in [4.78, 5) is 23.4. The second kappa shape index (κ2) is 4.45. The van der Waals surface area contributed by atoms with Crippen LogP contribution in [-0.2, 0) is 16.0 Å². The summed E-state index contributed by atoms with van der Waals surface area (Å²) in [6.07, 6.45) is 0.806. The van der Waals surface area contributed by atoms with Crippen LogP contribution >= 0.6 is 0 Å². The minimum absolute atomic E-state index is 0.133. The Kier molecular flexibility index (Phi) is 2.99. The minimum Gasteiger partial charge on any atom is -0.548 e. The first-order valence-corrected chi connectivity index (χ1v) is 5.37. The fourth-order valence-electron chi connectivity index (χ4n) is 1.77. The Morgan fingerprint density at radius 3 is 2.94 bits per heavy atom. The largest absolute Gasteiger partial charge is 0.548 e. The molecule has 0 bridgehead atoms. The molecule has 1 heterocycles. The second-order valence-corrected chi connectivity index (χ2v) is 3.80. The molecule has 1 amide bonds. The van der Waals surface area contributed by atoms with E-state index in [0.29, 0.717) is 11.4 Å². The van der Waals surface area contributed by atoms with Crippen molar-refractivity contribution in [2.24, 2.45) is 0 Å². The number of amides is 1. The van der Waals surface area contributed by atoms with Gasteiger partial charge in [-0.1, -0.05) is 13.0 Å². The van der Waals surface area contributed by atoms with E-state index in [0.717, 1.165) is 12.0 Å². The lowest BCUT2D eigenvalue weighted by molar-refractivity contribution is -0.303. The van der Waals surface area contributed by atoms with Crippen molar-refractivity contribution >= 4 is 17.6 Å². The molecule has 0 spiro atoms. The second-order valence-electron chi connectivity index (χ2n) is 3.80. The van der Waals surface area contributed by atoms with Crippen LogP contribution in [0.1, 0.15) is 12.5 Å². The van der Waals surface area contributed by atoms with Gasteiger partial charge in [0.15, 0.2) is 6.61 Å². The fraction of sp³-hybridized carbons (Fsp3) is 0.333. The number of anilines is 1. The summed E-state index contributed by atoms with van der Waals surface area (Å²) in [6, 6.07) is 5.42. The first-order chi connectivity index (χ1) is 8.11. The highest BCUT2D eigenvalue weighted by Crippen LogP contribution is 2.32. The van der Waals surface area contributed by atoms with Crippen LogP contribution in [0.5, 0.6) is 5.75 Å². The van der Waals surface area contributed by atoms with E-state index < -0.39 is 12.5 Å². The number of rotatable bonds is 3. The van der Waals surface area contributed by atoms with Crippen molar-refractivity contribution < 1.29 is 19.4 Å². The van der Waals surface area contributed by atoms with Gasteiger partial charge in [-0.05, 0) is 24.1 Å². The number of aryl methyl sites for hydroxylation is 1. The molecule has 1 aliphatic heterocycles. The number of fused-ring (bicyclic) bond motifs is 1. The lowest BCUT2D eigenvalue weighted by Crippen LogP contribution is -2.45. The zero-order valence-electron chi connectivity index (χ0n) is 9.43. The van der Waals surface area contributed by atoms with Crippen LogP contribution in [0.2, 0.25) is 0 Å². The molecule has 0 fully saturated rings. The van der Waals surface area contributed by atoms with Crippen LogP contribution in [0.3, 0.4) is 0 Å². The van der Waals surface area contributed by atoms with E-state index >= 15 is 0 Å². The molecule has 0 atom stereocenters. The van der Waals surface area contributed by atoms with Crippen molar-refractivity contribution in [1.82, 2.24) is 0 Å². The fourth-order valence-corrected chi connectivity index (χ4v) is 1.77. The highest BCUT2D eigenvalue weighted by Gasteiger charge is 2.25. The number of aliphatic carboxylic acids is 1. The topological polar surface area (TPSA) is 69.7 Å². The number of hydrogen-bond donors (Lipinski definition) is 0. The van der Waals surface area contributed by atoms with Gasteiger partial charge in [-0.25, -0.2) is 0 Å². The van der Waals surface area contributed by atoms with Crippen molar-refractivity contribution in [1.29, 1.82) is 0 Å². The maximum atomic E-state index is 11.6. The SMILES string of the molecule is CCc1ccc2c(c1)N(CC(=O)[O-])C(=O)CO2. The predicted molar refractivity (Wildman–Crippen MR) is 58.7 cm³/mol. The Bertz CT molecular complexity index is 470. The smallest absolute Gasteiger partial charge is 0.265 e. The summed E-state index contributed by atoms with van der Waals surface area (Å²) in [7, 11) is 0. The molecule has 1 aliphatic rings. The molecular weight excluding hydrogens is 222 g/mol. The third kappa shape index (κ3) is 2.22. The molecule has 2 rings (SSSR count). The van der Waals surface area contributed by atoms with Crippen LogP contribution < -0.4 is 14.7 Å². The van der Waals surface area contributed by atoms with E-state index in [1.165, 1.54) is 4.90 Å². The summed E-state index contributed by atoms with van der Waals surface area (Å²) in [6.45, 7) is 1.41. The van der Waals surface area contributed by atoms with Gasteiger partial charge < -0.3 is 19.5 Å². The van der Waals surface area contributed by atoms with Crippen LogP contribution in [0, 0.1) is 0 Å². The van der Waals surface area contributed by atoms with Gasteiger partial charge in [0.25, 0.3) is 5.91 Å². The number of carboxylic acids is 1. The van der Waals surface area contributed by atoms with Crippen molar-refractivity contribution in [2.75, 3.05) is 18.1 Å². The van der Waals surface area contributed by atoms with Crippen LogP contribution in [-0.4, -0.2) is 25.0 Å². The monoisotopic (exact) mass is 234 g/mol. The highest BCUT2D eigenvalue weighted by molar-refractivity contribution is 6.00. The van der Waals surface area contributed by atoms with E-state index in [1.54, 1.807) is 12.1 Å². The van der Waals surface area contributed by atoms with Gasteiger partial charge in [0.2, 0.25) is 0 Å². The molecule has 90 valence electrons. The molecule has 0 saturated carbocycles. The Morgan fingerprint density at radius 2 is 2.29 bits per heavy atom. The molecule has 0 radical (unpaired) electrons. The van der Waals surface area contributed by atoms with Crippen molar-refractivity contribution in [3.05, 3.63) is 23.8 Å².